The van der Waals surface area contributed by atoms with Crippen LogP contribution in [0.2, 0.25) is 0 Å². The first-order chi connectivity index (χ1) is 16.4. The predicted octanol–water partition coefficient (Wildman–Crippen LogP) is 2.74. The lowest BCUT2D eigenvalue weighted by atomic mass is 9.82. The van der Waals surface area contributed by atoms with E-state index in [0.717, 1.165) is 18.4 Å². The fraction of sp³-hybridized carbons (Fsp3) is 0.375. The van der Waals surface area contributed by atoms with Gasteiger partial charge in [-0.1, -0.05) is 12.1 Å². The number of carboxylic acids is 1. The summed E-state index contributed by atoms with van der Waals surface area (Å²) in [7, 11) is 0. The number of nitrogens with one attached hydrogen (secondary N) is 1. The van der Waals surface area contributed by atoms with Crippen molar-refractivity contribution in [1.82, 2.24) is 30.5 Å². The standard InChI is InChI=1S/C24H25N7O3/c1-15-9-20(11-21(27-15)23(32)26-13-18-4-2-3-17(10-18)12-25)22-28-30-31(29-22)14-16-5-7-19(8-6-16)24(33)34/h2-4,9-11,16,19H,5-8,13-14H2,1H3,(H,26,32)(H,33,34). The lowest BCUT2D eigenvalue weighted by Gasteiger charge is -2.25. The van der Waals surface area contributed by atoms with Gasteiger partial charge in [0.15, 0.2) is 0 Å². The second-order valence-electron chi connectivity index (χ2n) is 8.60. The summed E-state index contributed by atoms with van der Waals surface area (Å²) >= 11 is 0. The molecule has 0 aliphatic heterocycles. The normalized spacial score (nSPS) is 17.6. The van der Waals surface area contributed by atoms with Crippen molar-refractivity contribution in [3.63, 3.8) is 0 Å². The maximum absolute atomic E-state index is 12.7. The summed E-state index contributed by atoms with van der Waals surface area (Å²) in [5.41, 5.74) is 2.89. The van der Waals surface area contributed by atoms with Crippen molar-refractivity contribution >= 4 is 11.9 Å². The highest BCUT2D eigenvalue weighted by Gasteiger charge is 2.26. The van der Waals surface area contributed by atoms with E-state index in [0.29, 0.717) is 47.9 Å². The smallest absolute Gasteiger partial charge is 0.306 e. The zero-order chi connectivity index (χ0) is 24.1. The summed E-state index contributed by atoms with van der Waals surface area (Å²) in [5, 5.41) is 33.8. The van der Waals surface area contributed by atoms with Crippen molar-refractivity contribution < 1.29 is 14.7 Å². The molecule has 174 valence electrons. The molecule has 0 bridgehead atoms. The van der Waals surface area contributed by atoms with Crippen LogP contribution >= 0.6 is 0 Å². The number of carboxylic acid groups (broad SMARTS) is 1. The molecule has 0 unspecified atom stereocenters. The highest BCUT2D eigenvalue weighted by Crippen LogP contribution is 2.29. The number of aryl methyl sites for hydroxylation is 1. The van der Waals surface area contributed by atoms with Crippen LogP contribution in [0.4, 0.5) is 0 Å². The Morgan fingerprint density at radius 1 is 1.21 bits per heavy atom. The minimum Gasteiger partial charge on any atom is -0.481 e. The van der Waals surface area contributed by atoms with Crippen LogP contribution in [-0.2, 0) is 17.9 Å². The van der Waals surface area contributed by atoms with Crippen molar-refractivity contribution in [2.24, 2.45) is 11.8 Å². The predicted molar refractivity (Wildman–Crippen MR) is 121 cm³/mol. The number of carbonyl (C=O) groups is 2. The fourth-order valence-electron chi connectivity index (χ4n) is 4.20. The third-order valence-electron chi connectivity index (χ3n) is 6.02. The second kappa shape index (κ2) is 10.2. The van der Waals surface area contributed by atoms with E-state index in [2.05, 4.69) is 31.8 Å². The first kappa shape index (κ1) is 23.0. The fourth-order valence-corrected chi connectivity index (χ4v) is 4.20. The zero-order valence-electron chi connectivity index (χ0n) is 18.8. The third kappa shape index (κ3) is 5.61. The zero-order valence-corrected chi connectivity index (χ0v) is 18.8. The third-order valence-corrected chi connectivity index (χ3v) is 6.02. The summed E-state index contributed by atoms with van der Waals surface area (Å²) in [6.45, 7) is 2.65. The molecule has 10 heteroatoms. The van der Waals surface area contributed by atoms with Gasteiger partial charge in [-0.3, -0.25) is 9.59 Å². The molecule has 2 aromatic heterocycles. The average Bonchev–Trinajstić information content (AvgIpc) is 3.31. The number of carbonyl (C=O) groups excluding carboxylic acids is 1. The van der Waals surface area contributed by atoms with Gasteiger partial charge < -0.3 is 10.4 Å². The van der Waals surface area contributed by atoms with Gasteiger partial charge in [0.05, 0.1) is 24.1 Å². The van der Waals surface area contributed by atoms with Gasteiger partial charge in [0.2, 0.25) is 5.82 Å². The van der Waals surface area contributed by atoms with E-state index in [1.165, 1.54) is 0 Å². The number of amides is 1. The molecule has 1 aliphatic rings. The molecule has 2 heterocycles. The van der Waals surface area contributed by atoms with Gasteiger partial charge >= 0.3 is 5.97 Å². The number of tetrazole rings is 1. The van der Waals surface area contributed by atoms with Gasteiger partial charge in [-0.25, -0.2) is 4.98 Å². The number of rotatable bonds is 7. The molecule has 3 aromatic rings. The molecular weight excluding hydrogens is 434 g/mol. The minimum absolute atomic E-state index is 0.245. The number of nitrogens with zero attached hydrogens (tertiary/aromatic N) is 6. The number of nitriles is 1. The molecule has 0 spiro atoms. The molecule has 1 amide bonds. The van der Waals surface area contributed by atoms with Crippen molar-refractivity contribution in [1.29, 1.82) is 5.26 Å². The molecule has 34 heavy (non-hydrogen) atoms. The highest BCUT2D eigenvalue weighted by molar-refractivity contribution is 5.93. The van der Waals surface area contributed by atoms with Crippen molar-refractivity contribution in [3.8, 4) is 17.5 Å². The average molecular weight is 460 g/mol. The monoisotopic (exact) mass is 459 g/mol. The molecule has 1 fully saturated rings. The molecule has 1 aliphatic carbocycles. The molecule has 1 saturated carbocycles. The second-order valence-corrected chi connectivity index (χ2v) is 8.60. The number of benzene rings is 1. The Morgan fingerprint density at radius 3 is 2.74 bits per heavy atom. The lowest BCUT2D eigenvalue weighted by Crippen LogP contribution is -2.24. The van der Waals surface area contributed by atoms with Crippen LogP contribution in [0, 0.1) is 30.1 Å². The molecular formula is C24H25N7O3. The van der Waals surface area contributed by atoms with E-state index in [1.54, 1.807) is 42.1 Å². The van der Waals surface area contributed by atoms with Gasteiger partial charge in [-0.15, -0.1) is 10.2 Å². The number of aliphatic carboxylic acids is 1. The Hall–Kier alpha value is -4.13. The Morgan fingerprint density at radius 2 is 2.00 bits per heavy atom. The van der Waals surface area contributed by atoms with E-state index < -0.39 is 5.97 Å². The first-order valence-corrected chi connectivity index (χ1v) is 11.2. The van der Waals surface area contributed by atoms with Gasteiger partial charge in [0, 0.05) is 17.8 Å². The summed E-state index contributed by atoms with van der Waals surface area (Å²) < 4.78 is 0. The minimum atomic E-state index is -0.719. The molecule has 0 atom stereocenters. The number of hydrogen-bond acceptors (Lipinski definition) is 7. The topological polar surface area (TPSA) is 147 Å². The van der Waals surface area contributed by atoms with Crippen molar-refractivity contribution in [2.45, 2.75) is 45.7 Å². The van der Waals surface area contributed by atoms with E-state index >= 15 is 0 Å². The summed E-state index contributed by atoms with van der Waals surface area (Å²) in [6, 6.07) is 12.6. The maximum atomic E-state index is 12.7. The van der Waals surface area contributed by atoms with E-state index in [9.17, 15) is 9.59 Å². The van der Waals surface area contributed by atoms with Crippen LogP contribution in [0.25, 0.3) is 11.4 Å². The van der Waals surface area contributed by atoms with Gasteiger partial charge in [-0.2, -0.15) is 10.1 Å². The SMILES string of the molecule is Cc1cc(-c2nnn(CC3CCC(C(=O)O)CC3)n2)cc(C(=O)NCc2cccc(C#N)c2)n1. The maximum Gasteiger partial charge on any atom is 0.306 e. The van der Waals surface area contributed by atoms with Crippen LogP contribution in [0.1, 0.15) is 53.0 Å². The Bertz CT molecular complexity index is 1240. The molecule has 1 aromatic carbocycles. The van der Waals surface area contributed by atoms with Crippen molar-refractivity contribution in [3.05, 3.63) is 58.9 Å². The van der Waals surface area contributed by atoms with Gasteiger partial charge in [0.25, 0.3) is 5.91 Å². The number of aromatic nitrogens is 5. The Balaban J connectivity index is 1.41. The quantitative estimate of drug-likeness (QED) is 0.548. The van der Waals surface area contributed by atoms with Crippen molar-refractivity contribution in [2.75, 3.05) is 0 Å². The highest BCUT2D eigenvalue weighted by atomic mass is 16.4. The Labute approximate surface area is 196 Å². The molecule has 4 rings (SSSR count). The van der Waals surface area contributed by atoms with Crippen LogP contribution in [0.15, 0.2) is 36.4 Å². The summed E-state index contributed by atoms with van der Waals surface area (Å²) in [5.74, 6) is -0.591. The van der Waals surface area contributed by atoms with Gasteiger partial charge in [-0.05, 0) is 73.6 Å². The molecule has 0 saturated heterocycles. The van der Waals surface area contributed by atoms with E-state index in [4.69, 9.17) is 10.4 Å². The van der Waals surface area contributed by atoms with Crippen LogP contribution < -0.4 is 5.32 Å². The van der Waals surface area contributed by atoms with E-state index in [1.807, 2.05) is 6.07 Å². The number of pyridine rings is 1. The molecule has 2 N–H and O–H groups in total. The largest absolute Gasteiger partial charge is 0.481 e. The number of hydrogen-bond donors (Lipinski definition) is 2. The van der Waals surface area contributed by atoms with E-state index in [-0.39, 0.29) is 24.1 Å². The molecule has 0 radical (unpaired) electrons. The summed E-state index contributed by atoms with van der Waals surface area (Å²) in [4.78, 5) is 29.7. The summed E-state index contributed by atoms with van der Waals surface area (Å²) in [6.07, 6.45) is 2.99. The van der Waals surface area contributed by atoms with Crippen LogP contribution in [0.3, 0.4) is 0 Å². The first-order valence-electron chi connectivity index (χ1n) is 11.2. The van der Waals surface area contributed by atoms with Crippen LogP contribution in [0.5, 0.6) is 0 Å². The molecule has 10 nitrogen and oxygen atoms in total. The van der Waals surface area contributed by atoms with Crippen LogP contribution in [-0.4, -0.2) is 42.2 Å². The lowest BCUT2D eigenvalue weighted by molar-refractivity contribution is -0.143. The van der Waals surface area contributed by atoms with Gasteiger partial charge in [0.1, 0.15) is 5.69 Å². The Kier molecular flexibility index (Phi) is 6.92.